The van der Waals surface area contributed by atoms with Crippen LogP contribution in [0.1, 0.15) is 12.0 Å². The Labute approximate surface area is 99.6 Å². The maximum atomic E-state index is 11.8. The number of aliphatic hydroxyl groups excluding tert-OH is 1. The summed E-state index contributed by atoms with van der Waals surface area (Å²) in [4.78, 5) is 13.5. The number of halogens is 1. The van der Waals surface area contributed by atoms with Crippen LogP contribution in [-0.2, 0) is 4.79 Å². The highest BCUT2D eigenvalue weighted by molar-refractivity contribution is 6.31. The number of nitrogens with zero attached hydrogens (tertiary/aromatic N) is 1. The first kappa shape index (κ1) is 11.4. The molecule has 0 radical (unpaired) electrons. The van der Waals surface area contributed by atoms with Gasteiger partial charge >= 0.3 is 0 Å². The third kappa shape index (κ3) is 1.93. The minimum Gasteiger partial charge on any atom is -0.396 e. The van der Waals surface area contributed by atoms with E-state index in [0.29, 0.717) is 18.0 Å². The normalized spacial score (nSPS) is 20.6. The van der Waals surface area contributed by atoms with Crippen LogP contribution < -0.4 is 4.90 Å². The second-order valence-electron chi connectivity index (χ2n) is 4.14. The molecule has 0 saturated carbocycles. The van der Waals surface area contributed by atoms with Gasteiger partial charge in [0, 0.05) is 36.2 Å². The van der Waals surface area contributed by atoms with Crippen LogP contribution in [0.25, 0.3) is 0 Å². The van der Waals surface area contributed by atoms with Gasteiger partial charge < -0.3 is 10.0 Å². The Kier molecular flexibility index (Phi) is 3.17. The molecule has 0 spiro atoms. The van der Waals surface area contributed by atoms with Crippen LogP contribution >= 0.6 is 11.6 Å². The van der Waals surface area contributed by atoms with Gasteiger partial charge in [0.15, 0.2) is 0 Å². The number of rotatable bonds is 2. The van der Waals surface area contributed by atoms with E-state index < -0.39 is 0 Å². The molecule has 0 bridgehead atoms. The van der Waals surface area contributed by atoms with E-state index in [-0.39, 0.29) is 18.4 Å². The van der Waals surface area contributed by atoms with Gasteiger partial charge in [-0.1, -0.05) is 17.7 Å². The maximum Gasteiger partial charge on any atom is 0.227 e. The first-order valence-electron chi connectivity index (χ1n) is 5.30. The van der Waals surface area contributed by atoms with E-state index in [0.717, 1.165) is 11.3 Å². The smallest absolute Gasteiger partial charge is 0.227 e. The molecule has 1 aliphatic heterocycles. The van der Waals surface area contributed by atoms with E-state index in [4.69, 9.17) is 16.7 Å². The maximum absolute atomic E-state index is 11.8. The lowest BCUT2D eigenvalue weighted by atomic mass is 10.1. The minimum atomic E-state index is 0.0471. The van der Waals surface area contributed by atoms with E-state index >= 15 is 0 Å². The predicted octanol–water partition coefficient (Wildman–Crippen LogP) is 1.99. The molecule has 1 aliphatic rings. The van der Waals surface area contributed by atoms with Gasteiger partial charge in [0.2, 0.25) is 5.91 Å². The Morgan fingerprint density at radius 1 is 1.56 bits per heavy atom. The number of anilines is 1. The monoisotopic (exact) mass is 239 g/mol. The van der Waals surface area contributed by atoms with Gasteiger partial charge in [0.25, 0.3) is 0 Å². The highest BCUT2D eigenvalue weighted by Gasteiger charge is 2.30. The zero-order valence-corrected chi connectivity index (χ0v) is 9.87. The number of hydrogen-bond donors (Lipinski definition) is 1. The number of amides is 1. The Bertz CT molecular complexity index is 419. The quantitative estimate of drug-likeness (QED) is 0.858. The lowest BCUT2D eigenvalue weighted by Gasteiger charge is -2.19. The molecule has 1 saturated heterocycles. The topological polar surface area (TPSA) is 40.5 Å². The van der Waals surface area contributed by atoms with Crippen molar-refractivity contribution in [3.05, 3.63) is 28.8 Å². The van der Waals surface area contributed by atoms with Gasteiger partial charge in [0.1, 0.15) is 0 Å². The summed E-state index contributed by atoms with van der Waals surface area (Å²) in [6.45, 7) is 2.54. The van der Waals surface area contributed by atoms with Gasteiger partial charge in [-0.15, -0.1) is 0 Å². The van der Waals surface area contributed by atoms with Gasteiger partial charge in [-0.25, -0.2) is 0 Å². The van der Waals surface area contributed by atoms with E-state index in [2.05, 4.69) is 0 Å². The molecule has 16 heavy (non-hydrogen) atoms. The Balaban J connectivity index is 2.31. The second kappa shape index (κ2) is 4.44. The molecule has 3 nitrogen and oxygen atoms in total. The summed E-state index contributed by atoms with van der Waals surface area (Å²) in [6, 6.07) is 5.54. The van der Waals surface area contributed by atoms with Crippen molar-refractivity contribution >= 4 is 23.2 Å². The van der Waals surface area contributed by atoms with E-state index in [1.54, 1.807) is 4.90 Å². The lowest BCUT2D eigenvalue weighted by molar-refractivity contribution is -0.117. The van der Waals surface area contributed by atoms with Crippen LogP contribution in [0, 0.1) is 12.8 Å². The molecule has 1 unspecified atom stereocenters. The number of benzene rings is 1. The molecule has 1 atom stereocenters. The third-order valence-corrected chi connectivity index (χ3v) is 3.40. The average molecular weight is 240 g/mol. The Morgan fingerprint density at radius 3 is 2.94 bits per heavy atom. The fourth-order valence-corrected chi connectivity index (χ4v) is 2.19. The van der Waals surface area contributed by atoms with Crippen molar-refractivity contribution < 1.29 is 9.90 Å². The molecular formula is C12H14ClNO2. The van der Waals surface area contributed by atoms with E-state index in [1.165, 1.54) is 0 Å². The summed E-state index contributed by atoms with van der Waals surface area (Å²) < 4.78 is 0. The fraction of sp³-hybridized carbons (Fsp3) is 0.417. The van der Waals surface area contributed by atoms with Gasteiger partial charge in [-0.2, -0.15) is 0 Å². The molecular weight excluding hydrogens is 226 g/mol. The summed E-state index contributed by atoms with van der Waals surface area (Å²) in [5, 5.41) is 9.73. The zero-order chi connectivity index (χ0) is 11.7. The van der Waals surface area contributed by atoms with Gasteiger partial charge in [0.05, 0.1) is 0 Å². The third-order valence-electron chi connectivity index (χ3n) is 2.99. The summed E-state index contributed by atoms with van der Waals surface area (Å²) in [7, 11) is 0. The van der Waals surface area contributed by atoms with E-state index in [9.17, 15) is 4.79 Å². The van der Waals surface area contributed by atoms with Crippen LogP contribution in [0.2, 0.25) is 5.02 Å². The molecule has 0 aliphatic carbocycles. The Hall–Kier alpha value is -1.06. The second-order valence-corrected chi connectivity index (χ2v) is 4.55. The largest absolute Gasteiger partial charge is 0.396 e. The van der Waals surface area contributed by atoms with Gasteiger partial charge in [-0.3, -0.25) is 4.79 Å². The fourth-order valence-electron chi connectivity index (χ4n) is 2.03. The van der Waals surface area contributed by atoms with Crippen LogP contribution in [0.4, 0.5) is 5.69 Å². The molecule has 0 aromatic heterocycles. The Morgan fingerprint density at radius 2 is 2.31 bits per heavy atom. The van der Waals surface area contributed by atoms with Crippen molar-refractivity contribution in [3.8, 4) is 0 Å². The summed E-state index contributed by atoms with van der Waals surface area (Å²) in [6.07, 6.45) is 0.419. The predicted molar refractivity (Wildman–Crippen MR) is 63.7 cm³/mol. The highest BCUT2D eigenvalue weighted by Crippen LogP contribution is 2.31. The number of hydrogen-bond acceptors (Lipinski definition) is 2. The van der Waals surface area contributed by atoms with Crippen molar-refractivity contribution in [2.24, 2.45) is 5.92 Å². The van der Waals surface area contributed by atoms with Gasteiger partial charge in [-0.05, 0) is 24.6 Å². The summed E-state index contributed by atoms with van der Waals surface area (Å²) in [5.41, 5.74) is 1.77. The van der Waals surface area contributed by atoms with Crippen molar-refractivity contribution in [1.82, 2.24) is 0 Å². The molecule has 4 heteroatoms. The number of carbonyl (C=O) groups is 1. The molecule has 1 fully saturated rings. The molecule has 2 rings (SSSR count). The van der Waals surface area contributed by atoms with Crippen LogP contribution in [0.5, 0.6) is 0 Å². The molecule has 1 N–H and O–H groups in total. The number of carbonyl (C=O) groups excluding carboxylic acids is 1. The lowest BCUT2D eigenvalue weighted by Crippen LogP contribution is -2.25. The summed E-state index contributed by atoms with van der Waals surface area (Å²) >= 11 is 6.02. The van der Waals surface area contributed by atoms with Crippen molar-refractivity contribution in [2.45, 2.75) is 13.3 Å². The number of aliphatic hydroxyl groups is 1. The molecule has 1 aromatic carbocycles. The van der Waals surface area contributed by atoms with Crippen molar-refractivity contribution in [3.63, 3.8) is 0 Å². The zero-order valence-electron chi connectivity index (χ0n) is 9.11. The van der Waals surface area contributed by atoms with Crippen LogP contribution in [0.15, 0.2) is 18.2 Å². The van der Waals surface area contributed by atoms with Crippen molar-refractivity contribution in [1.29, 1.82) is 0 Å². The molecule has 86 valence electrons. The van der Waals surface area contributed by atoms with Crippen LogP contribution in [0.3, 0.4) is 0 Å². The summed E-state index contributed by atoms with van der Waals surface area (Å²) in [5.74, 6) is 0.107. The minimum absolute atomic E-state index is 0.0471. The molecule has 1 amide bonds. The average Bonchev–Trinajstić information content (AvgIpc) is 2.64. The molecule has 1 heterocycles. The first-order chi connectivity index (χ1) is 7.63. The van der Waals surface area contributed by atoms with Crippen LogP contribution in [-0.4, -0.2) is 24.2 Å². The van der Waals surface area contributed by atoms with E-state index in [1.807, 2.05) is 25.1 Å². The molecule has 1 aromatic rings. The van der Waals surface area contributed by atoms with Crippen molar-refractivity contribution in [2.75, 3.05) is 18.1 Å². The highest BCUT2D eigenvalue weighted by atomic mass is 35.5. The first-order valence-corrected chi connectivity index (χ1v) is 5.67. The standard InChI is InChI=1S/C12H14ClNO2/c1-8-10(13)3-2-4-11(8)14-6-9(7-15)5-12(14)16/h2-4,9,15H,5-7H2,1H3. The SMILES string of the molecule is Cc1c(Cl)cccc1N1CC(CO)CC1=O.